The second kappa shape index (κ2) is 4.87. The van der Waals surface area contributed by atoms with Gasteiger partial charge in [-0.25, -0.2) is 0 Å². The second-order valence-electron chi connectivity index (χ2n) is 6.25. The zero-order valence-electron chi connectivity index (χ0n) is 12.8. The maximum absolute atomic E-state index is 12.1. The molecule has 4 rings (SSSR count). The van der Waals surface area contributed by atoms with E-state index < -0.39 is 0 Å². The van der Waals surface area contributed by atoms with Gasteiger partial charge in [-0.05, 0) is 38.0 Å². The highest BCUT2D eigenvalue weighted by Crippen LogP contribution is 2.48. The van der Waals surface area contributed by atoms with Gasteiger partial charge in [-0.1, -0.05) is 5.57 Å². The zero-order valence-corrected chi connectivity index (χ0v) is 12.8. The molecule has 2 aliphatic rings. The fraction of sp³-hybridized carbons (Fsp3) is 0.412. The lowest BCUT2D eigenvalue weighted by molar-refractivity contribution is -0.116. The van der Waals surface area contributed by atoms with E-state index in [1.807, 2.05) is 29.9 Å². The van der Waals surface area contributed by atoms with Crippen molar-refractivity contribution in [2.75, 3.05) is 5.32 Å². The molecule has 1 N–H and O–H groups in total. The number of aromatic nitrogens is 2. The Balaban J connectivity index is 1.79. The Morgan fingerprint density at radius 2 is 2.32 bits per heavy atom. The number of aryl methyl sites for hydroxylation is 1. The Labute approximate surface area is 129 Å². The number of nitrogens with one attached hydrogen (secondary N) is 1. The largest absolute Gasteiger partial charge is 0.465 e. The standard InChI is InChI=1S/C17H19N3O2/c1-10(8-12-4-3-7-22-12)13-9-14(21)18-17-15(13)16(11-5-6-11)19-20(17)2/h3-4,7-8,11,13H,5-6,9H2,1-2H3,(H,18,21)/b10-8+/t13-/m0/s1. The molecule has 1 fully saturated rings. The van der Waals surface area contributed by atoms with E-state index in [0.717, 1.165) is 22.8 Å². The van der Waals surface area contributed by atoms with Crippen LogP contribution in [0.15, 0.2) is 28.4 Å². The Hall–Kier alpha value is -2.30. The molecule has 0 saturated heterocycles. The first kappa shape index (κ1) is 13.4. The van der Waals surface area contributed by atoms with Crippen molar-refractivity contribution in [1.82, 2.24) is 9.78 Å². The molecule has 1 atom stereocenters. The van der Waals surface area contributed by atoms with Gasteiger partial charge in [0, 0.05) is 30.9 Å². The van der Waals surface area contributed by atoms with E-state index in [1.165, 1.54) is 18.4 Å². The number of carbonyl (C=O) groups is 1. The van der Waals surface area contributed by atoms with Crippen molar-refractivity contribution < 1.29 is 9.21 Å². The van der Waals surface area contributed by atoms with Crippen molar-refractivity contribution >= 4 is 17.8 Å². The number of anilines is 1. The minimum Gasteiger partial charge on any atom is -0.465 e. The van der Waals surface area contributed by atoms with Crippen LogP contribution in [0, 0.1) is 0 Å². The monoisotopic (exact) mass is 297 g/mol. The predicted molar refractivity (Wildman–Crippen MR) is 83.5 cm³/mol. The maximum atomic E-state index is 12.1. The Bertz CT molecular complexity index is 751. The molecular formula is C17H19N3O2. The normalized spacial score (nSPS) is 21.6. The van der Waals surface area contributed by atoms with Gasteiger partial charge < -0.3 is 9.73 Å². The molecule has 1 amide bonds. The van der Waals surface area contributed by atoms with Crippen LogP contribution in [0.1, 0.15) is 55.0 Å². The summed E-state index contributed by atoms with van der Waals surface area (Å²) in [6.45, 7) is 2.07. The third-order valence-electron chi connectivity index (χ3n) is 4.54. The molecular weight excluding hydrogens is 278 g/mol. The van der Waals surface area contributed by atoms with Gasteiger partial charge in [0.05, 0.1) is 12.0 Å². The summed E-state index contributed by atoms with van der Waals surface area (Å²) in [5, 5.41) is 7.66. The Morgan fingerprint density at radius 3 is 3.00 bits per heavy atom. The van der Waals surface area contributed by atoms with Gasteiger partial charge in [0.25, 0.3) is 0 Å². The minimum atomic E-state index is 0.0510. The number of furan rings is 1. The molecule has 3 heterocycles. The van der Waals surface area contributed by atoms with Crippen LogP contribution in [0.3, 0.4) is 0 Å². The lowest BCUT2D eigenvalue weighted by atomic mass is 9.85. The Morgan fingerprint density at radius 1 is 1.50 bits per heavy atom. The molecule has 0 radical (unpaired) electrons. The van der Waals surface area contributed by atoms with Crippen molar-refractivity contribution in [3.63, 3.8) is 0 Å². The van der Waals surface area contributed by atoms with Gasteiger partial charge in [0.2, 0.25) is 5.91 Å². The molecule has 114 valence electrons. The quantitative estimate of drug-likeness (QED) is 0.944. The van der Waals surface area contributed by atoms with Gasteiger partial charge in [-0.15, -0.1) is 0 Å². The van der Waals surface area contributed by atoms with Crippen molar-refractivity contribution in [2.45, 2.75) is 38.0 Å². The SMILES string of the molecule is C/C(=C\c1ccco1)[C@@H]1CC(=O)Nc2c1c(C1CC1)nn2C. The number of nitrogens with zero attached hydrogens (tertiary/aromatic N) is 2. The number of hydrogen-bond donors (Lipinski definition) is 1. The second-order valence-corrected chi connectivity index (χ2v) is 6.25. The smallest absolute Gasteiger partial charge is 0.226 e. The van der Waals surface area contributed by atoms with E-state index in [0.29, 0.717) is 12.3 Å². The average molecular weight is 297 g/mol. The lowest BCUT2D eigenvalue weighted by Crippen LogP contribution is -2.24. The van der Waals surface area contributed by atoms with Gasteiger partial charge in [-0.2, -0.15) is 5.10 Å². The molecule has 0 unspecified atom stereocenters. The maximum Gasteiger partial charge on any atom is 0.226 e. The predicted octanol–water partition coefficient (Wildman–Crippen LogP) is 3.42. The molecule has 1 aliphatic carbocycles. The highest BCUT2D eigenvalue weighted by molar-refractivity contribution is 5.95. The summed E-state index contributed by atoms with van der Waals surface area (Å²) in [5.74, 6) is 2.37. The summed E-state index contributed by atoms with van der Waals surface area (Å²) in [4.78, 5) is 12.1. The van der Waals surface area contributed by atoms with Crippen LogP contribution < -0.4 is 5.32 Å². The molecule has 5 nitrogen and oxygen atoms in total. The molecule has 0 aromatic carbocycles. The molecule has 2 aromatic heterocycles. The van der Waals surface area contributed by atoms with Crippen molar-refractivity contribution in [1.29, 1.82) is 0 Å². The molecule has 1 aliphatic heterocycles. The van der Waals surface area contributed by atoms with Crippen LogP contribution in [0.5, 0.6) is 0 Å². The third-order valence-corrected chi connectivity index (χ3v) is 4.54. The summed E-state index contributed by atoms with van der Waals surface area (Å²) < 4.78 is 7.22. The summed E-state index contributed by atoms with van der Waals surface area (Å²) in [5.41, 5.74) is 3.50. The molecule has 5 heteroatoms. The van der Waals surface area contributed by atoms with Crippen molar-refractivity contribution in [2.24, 2.45) is 7.05 Å². The average Bonchev–Trinajstić information content (AvgIpc) is 3.12. The molecule has 0 bridgehead atoms. The number of hydrogen-bond acceptors (Lipinski definition) is 3. The number of carbonyl (C=O) groups excluding carboxylic acids is 1. The van der Waals surface area contributed by atoms with Crippen LogP contribution in [0.2, 0.25) is 0 Å². The van der Waals surface area contributed by atoms with E-state index in [-0.39, 0.29) is 11.8 Å². The fourth-order valence-corrected chi connectivity index (χ4v) is 3.27. The molecule has 1 saturated carbocycles. The highest BCUT2D eigenvalue weighted by Gasteiger charge is 2.38. The number of fused-ring (bicyclic) bond motifs is 1. The summed E-state index contributed by atoms with van der Waals surface area (Å²) >= 11 is 0. The summed E-state index contributed by atoms with van der Waals surface area (Å²) in [7, 11) is 1.90. The molecule has 2 aromatic rings. The number of allylic oxidation sites excluding steroid dienone is 1. The fourth-order valence-electron chi connectivity index (χ4n) is 3.27. The number of rotatable bonds is 3. The van der Waals surface area contributed by atoms with E-state index >= 15 is 0 Å². The van der Waals surface area contributed by atoms with Gasteiger partial charge in [-0.3, -0.25) is 9.48 Å². The first-order valence-electron chi connectivity index (χ1n) is 7.72. The van der Waals surface area contributed by atoms with E-state index in [4.69, 9.17) is 4.42 Å². The highest BCUT2D eigenvalue weighted by atomic mass is 16.3. The van der Waals surface area contributed by atoms with Gasteiger partial charge in [0.15, 0.2) is 0 Å². The van der Waals surface area contributed by atoms with Crippen molar-refractivity contribution in [3.05, 3.63) is 41.0 Å². The molecule has 22 heavy (non-hydrogen) atoms. The van der Waals surface area contributed by atoms with Crippen LogP contribution in [0.25, 0.3) is 6.08 Å². The third kappa shape index (κ3) is 2.17. The number of amides is 1. The van der Waals surface area contributed by atoms with E-state index in [2.05, 4.69) is 17.3 Å². The van der Waals surface area contributed by atoms with Crippen LogP contribution in [-0.4, -0.2) is 15.7 Å². The minimum absolute atomic E-state index is 0.0510. The summed E-state index contributed by atoms with van der Waals surface area (Å²) in [6.07, 6.45) is 6.56. The van der Waals surface area contributed by atoms with E-state index in [9.17, 15) is 4.79 Å². The van der Waals surface area contributed by atoms with Crippen LogP contribution >= 0.6 is 0 Å². The molecule has 0 spiro atoms. The van der Waals surface area contributed by atoms with Gasteiger partial charge >= 0.3 is 0 Å². The Kier molecular flexibility index (Phi) is 2.96. The summed E-state index contributed by atoms with van der Waals surface area (Å²) in [6, 6.07) is 3.80. The van der Waals surface area contributed by atoms with E-state index in [1.54, 1.807) is 6.26 Å². The first-order chi connectivity index (χ1) is 10.6. The van der Waals surface area contributed by atoms with Crippen molar-refractivity contribution in [3.8, 4) is 0 Å². The van der Waals surface area contributed by atoms with Crippen LogP contribution in [0.4, 0.5) is 5.82 Å². The first-order valence-corrected chi connectivity index (χ1v) is 7.72. The van der Waals surface area contributed by atoms with Gasteiger partial charge in [0.1, 0.15) is 11.6 Å². The topological polar surface area (TPSA) is 60.1 Å². The lowest BCUT2D eigenvalue weighted by Gasteiger charge is -2.24. The zero-order chi connectivity index (χ0) is 15.3. The van der Waals surface area contributed by atoms with Crippen LogP contribution in [-0.2, 0) is 11.8 Å².